The molecule has 19 heavy (non-hydrogen) atoms. The van der Waals surface area contributed by atoms with Crippen LogP contribution in [-0.2, 0) is 18.2 Å². The minimum atomic E-state index is -0.442. The minimum Gasteiger partial charge on any atom is -0.390 e. The van der Waals surface area contributed by atoms with Gasteiger partial charge in [-0.05, 0) is 32.8 Å². The van der Waals surface area contributed by atoms with E-state index in [0.29, 0.717) is 13.0 Å². The van der Waals surface area contributed by atoms with Gasteiger partial charge in [-0.25, -0.2) is 0 Å². The summed E-state index contributed by atoms with van der Waals surface area (Å²) in [5.74, 6) is 0. The van der Waals surface area contributed by atoms with Crippen LogP contribution in [0.15, 0.2) is 6.07 Å². The molecular weight excluding hydrogens is 240 g/mol. The number of aliphatic hydroxyl groups excluding tert-OH is 1. The lowest BCUT2D eigenvalue weighted by atomic mass is 9.79. The van der Waals surface area contributed by atoms with Gasteiger partial charge in [-0.2, -0.15) is 5.10 Å². The molecule has 1 N–H and O–H groups in total. The average molecular weight is 266 g/mol. The summed E-state index contributed by atoms with van der Waals surface area (Å²) in [6, 6.07) is 2.05. The number of hydrogen-bond donors (Lipinski definition) is 1. The lowest BCUT2D eigenvalue weighted by Crippen LogP contribution is -2.47. The van der Waals surface area contributed by atoms with E-state index in [2.05, 4.69) is 5.10 Å². The van der Waals surface area contributed by atoms with Gasteiger partial charge in [0.25, 0.3) is 0 Å². The van der Waals surface area contributed by atoms with E-state index in [1.165, 1.54) is 6.42 Å². The molecule has 0 radical (unpaired) electrons. The van der Waals surface area contributed by atoms with Crippen LogP contribution in [0.25, 0.3) is 0 Å². The zero-order valence-electron chi connectivity index (χ0n) is 12.4. The van der Waals surface area contributed by atoms with Crippen LogP contribution in [0.4, 0.5) is 0 Å². The van der Waals surface area contributed by atoms with Crippen molar-refractivity contribution in [1.82, 2.24) is 9.78 Å². The van der Waals surface area contributed by atoms with Crippen LogP contribution in [0.5, 0.6) is 0 Å². The number of nitrogens with zero attached hydrogens (tertiary/aromatic N) is 2. The fourth-order valence-electron chi connectivity index (χ4n) is 3.25. The molecule has 0 saturated heterocycles. The second kappa shape index (κ2) is 6.06. The molecule has 0 bridgehead atoms. The summed E-state index contributed by atoms with van der Waals surface area (Å²) in [7, 11) is 1.93. The van der Waals surface area contributed by atoms with Crippen LogP contribution in [0, 0.1) is 6.92 Å². The van der Waals surface area contributed by atoms with Gasteiger partial charge in [0.15, 0.2) is 0 Å². The van der Waals surface area contributed by atoms with E-state index in [4.69, 9.17) is 4.74 Å². The highest BCUT2D eigenvalue weighted by Gasteiger charge is 2.40. The van der Waals surface area contributed by atoms with Crippen molar-refractivity contribution in [3.8, 4) is 0 Å². The van der Waals surface area contributed by atoms with Crippen LogP contribution in [0.2, 0.25) is 0 Å². The predicted octanol–water partition coefficient (Wildman–Crippen LogP) is 2.37. The van der Waals surface area contributed by atoms with Gasteiger partial charge in [-0.3, -0.25) is 4.68 Å². The van der Waals surface area contributed by atoms with Crippen molar-refractivity contribution in [3.63, 3.8) is 0 Å². The number of rotatable bonds is 5. The summed E-state index contributed by atoms with van der Waals surface area (Å²) >= 11 is 0. The van der Waals surface area contributed by atoms with E-state index >= 15 is 0 Å². The molecule has 0 spiro atoms. The van der Waals surface area contributed by atoms with Crippen LogP contribution < -0.4 is 0 Å². The Morgan fingerprint density at radius 1 is 1.42 bits per heavy atom. The first-order valence-electron chi connectivity index (χ1n) is 7.39. The van der Waals surface area contributed by atoms with E-state index in [0.717, 1.165) is 37.1 Å². The van der Waals surface area contributed by atoms with Crippen molar-refractivity contribution in [1.29, 1.82) is 0 Å². The third kappa shape index (κ3) is 3.18. The molecule has 4 nitrogen and oxygen atoms in total. The summed E-state index contributed by atoms with van der Waals surface area (Å²) in [4.78, 5) is 0. The molecule has 1 fully saturated rings. The van der Waals surface area contributed by atoms with Crippen molar-refractivity contribution in [2.75, 3.05) is 6.61 Å². The van der Waals surface area contributed by atoms with Crippen LogP contribution in [0.3, 0.4) is 0 Å². The number of hydrogen-bond acceptors (Lipinski definition) is 3. The molecule has 1 saturated carbocycles. The molecule has 108 valence electrons. The van der Waals surface area contributed by atoms with Crippen LogP contribution >= 0.6 is 0 Å². The summed E-state index contributed by atoms with van der Waals surface area (Å²) in [5, 5.41) is 15.0. The average Bonchev–Trinajstić information content (AvgIpc) is 2.69. The van der Waals surface area contributed by atoms with E-state index < -0.39 is 6.10 Å². The Labute approximate surface area is 115 Å². The summed E-state index contributed by atoms with van der Waals surface area (Å²) in [6.07, 6.45) is 5.69. The first-order valence-corrected chi connectivity index (χ1v) is 7.39. The van der Waals surface area contributed by atoms with E-state index in [1.807, 2.05) is 31.6 Å². The fourth-order valence-corrected chi connectivity index (χ4v) is 3.25. The Kier molecular flexibility index (Phi) is 4.63. The third-order valence-electron chi connectivity index (χ3n) is 4.24. The van der Waals surface area contributed by atoms with Gasteiger partial charge in [0.1, 0.15) is 0 Å². The maximum atomic E-state index is 10.7. The number of aryl methyl sites for hydroxylation is 2. The zero-order valence-corrected chi connectivity index (χ0v) is 12.4. The Balaban J connectivity index is 2.11. The second-order valence-corrected chi connectivity index (χ2v) is 5.68. The molecule has 1 heterocycles. The van der Waals surface area contributed by atoms with E-state index in [1.54, 1.807) is 0 Å². The lowest BCUT2D eigenvalue weighted by Gasteiger charge is -2.40. The molecule has 0 aliphatic heterocycles. The maximum Gasteiger partial charge on any atom is 0.0943 e. The first-order chi connectivity index (χ1) is 9.07. The topological polar surface area (TPSA) is 47.3 Å². The quantitative estimate of drug-likeness (QED) is 0.890. The largest absolute Gasteiger partial charge is 0.390 e. The van der Waals surface area contributed by atoms with E-state index in [-0.39, 0.29) is 5.60 Å². The van der Waals surface area contributed by atoms with Crippen molar-refractivity contribution < 1.29 is 9.84 Å². The Hall–Kier alpha value is -0.870. The zero-order chi connectivity index (χ0) is 13.9. The molecule has 0 aromatic carbocycles. The lowest BCUT2D eigenvalue weighted by molar-refractivity contribution is -0.139. The Bertz CT molecular complexity index is 403. The molecule has 1 aromatic rings. The molecule has 0 amide bonds. The first kappa shape index (κ1) is 14.5. The van der Waals surface area contributed by atoms with Gasteiger partial charge in [0, 0.05) is 25.8 Å². The van der Waals surface area contributed by atoms with Gasteiger partial charge >= 0.3 is 0 Å². The SMILES string of the molecule is CCOC1(C(O)Cc2cc(C)nn2C)CCCCC1. The molecule has 1 aromatic heterocycles. The Morgan fingerprint density at radius 3 is 2.63 bits per heavy atom. The number of aromatic nitrogens is 2. The fraction of sp³-hybridized carbons (Fsp3) is 0.800. The molecule has 1 aliphatic carbocycles. The predicted molar refractivity (Wildman–Crippen MR) is 75.1 cm³/mol. The highest BCUT2D eigenvalue weighted by molar-refractivity contribution is 5.11. The summed E-state index contributed by atoms with van der Waals surface area (Å²) in [5.41, 5.74) is 1.74. The molecular formula is C15H26N2O2. The van der Waals surface area contributed by atoms with Crippen LogP contribution in [0.1, 0.15) is 50.4 Å². The highest BCUT2D eigenvalue weighted by atomic mass is 16.5. The highest BCUT2D eigenvalue weighted by Crippen LogP contribution is 2.35. The van der Waals surface area contributed by atoms with Gasteiger partial charge in [-0.15, -0.1) is 0 Å². The van der Waals surface area contributed by atoms with Gasteiger partial charge in [0.2, 0.25) is 0 Å². The van der Waals surface area contributed by atoms with Crippen molar-refractivity contribution >= 4 is 0 Å². The van der Waals surface area contributed by atoms with Crippen molar-refractivity contribution in [2.45, 2.75) is 64.1 Å². The third-order valence-corrected chi connectivity index (χ3v) is 4.24. The second-order valence-electron chi connectivity index (χ2n) is 5.68. The summed E-state index contributed by atoms with van der Waals surface area (Å²) < 4.78 is 7.83. The van der Waals surface area contributed by atoms with Crippen LogP contribution in [-0.4, -0.2) is 33.2 Å². The molecule has 4 heteroatoms. The molecule has 1 unspecified atom stereocenters. The monoisotopic (exact) mass is 266 g/mol. The standard InChI is InChI=1S/C15H26N2O2/c1-4-19-15(8-6-5-7-9-15)14(18)11-13-10-12(2)16-17(13)3/h10,14,18H,4-9,11H2,1-3H3. The Morgan fingerprint density at radius 2 is 2.11 bits per heavy atom. The summed E-state index contributed by atoms with van der Waals surface area (Å²) in [6.45, 7) is 4.66. The number of ether oxygens (including phenoxy) is 1. The molecule has 2 rings (SSSR count). The van der Waals surface area contributed by atoms with Crippen molar-refractivity contribution in [2.24, 2.45) is 7.05 Å². The van der Waals surface area contributed by atoms with Crippen molar-refractivity contribution in [3.05, 3.63) is 17.5 Å². The van der Waals surface area contributed by atoms with Gasteiger partial charge in [-0.1, -0.05) is 19.3 Å². The smallest absolute Gasteiger partial charge is 0.0943 e. The van der Waals surface area contributed by atoms with Gasteiger partial charge in [0.05, 0.1) is 17.4 Å². The molecule has 1 aliphatic rings. The minimum absolute atomic E-state index is 0.342. The molecule has 1 atom stereocenters. The van der Waals surface area contributed by atoms with E-state index in [9.17, 15) is 5.11 Å². The van der Waals surface area contributed by atoms with Gasteiger partial charge < -0.3 is 9.84 Å². The normalized spacial score (nSPS) is 20.4. The number of aliphatic hydroxyl groups is 1. The maximum absolute atomic E-state index is 10.7.